The second kappa shape index (κ2) is 3.54. The van der Waals surface area contributed by atoms with E-state index in [9.17, 15) is 9.90 Å². The maximum atomic E-state index is 11.1. The molecule has 0 heterocycles. The van der Waals surface area contributed by atoms with Gasteiger partial charge in [0.05, 0.1) is 5.60 Å². The minimum atomic E-state index is -0.815. The van der Waals surface area contributed by atoms with Crippen LogP contribution in [0.15, 0.2) is 0 Å². The van der Waals surface area contributed by atoms with Crippen molar-refractivity contribution < 1.29 is 9.90 Å². The van der Waals surface area contributed by atoms with E-state index in [1.165, 1.54) is 0 Å². The molecule has 0 saturated heterocycles. The van der Waals surface area contributed by atoms with Crippen LogP contribution in [0.25, 0.3) is 0 Å². The number of rotatable bonds is 2. The van der Waals surface area contributed by atoms with Crippen molar-refractivity contribution in [1.82, 2.24) is 0 Å². The third-order valence-corrected chi connectivity index (χ3v) is 2.84. The van der Waals surface area contributed by atoms with Gasteiger partial charge >= 0.3 is 0 Å². The van der Waals surface area contributed by atoms with Gasteiger partial charge in [-0.2, -0.15) is 0 Å². The quantitative estimate of drug-likeness (QED) is 0.634. The van der Waals surface area contributed by atoms with Gasteiger partial charge in [-0.05, 0) is 25.3 Å². The largest absolute Gasteiger partial charge is 0.389 e. The molecule has 2 atom stereocenters. The molecule has 0 amide bonds. The van der Waals surface area contributed by atoms with Crippen LogP contribution in [0.5, 0.6) is 0 Å². The minimum Gasteiger partial charge on any atom is -0.389 e. The number of carbonyl (C=O) groups is 1. The molecule has 1 saturated carbocycles. The smallest absolute Gasteiger partial charge is 0.135 e. The van der Waals surface area contributed by atoms with E-state index in [0.29, 0.717) is 19.4 Å². The van der Waals surface area contributed by atoms with Crippen molar-refractivity contribution in [1.29, 1.82) is 0 Å². The summed E-state index contributed by atoms with van der Waals surface area (Å²) in [4.78, 5) is 11.1. The molecule has 3 N–H and O–H groups in total. The standard InChI is InChI=1S/C9H17NO2/c1-7(6-10)9(12)4-2-3-8(11)5-9/h7,12H,2-6,10H2,1H3. The van der Waals surface area contributed by atoms with Crippen molar-refractivity contribution in [2.45, 2.75) is 38.2 Å². The summed E-state index contributed by atoms with van der Waals surface area (Å²) in [5.41, 5.74) is 4.65. The molecule has 1 aliphatic rings. The molecule has 1 rings (SSSR count). The summed E-state index contributed by atoms with van der Waals surface area (Å²) in [5, 5.41) is 10.0. The van der Waals surface area contributed by atoms with Gasteiger partial charge in [-0.1, -0.05) is 6.92 Å². The van der Waals surface area contributed by atoms with E-state index in [2.05, 4.69) is 0 Å². The Morgan fingerprint density at radius 3 is 2.92 bits per heavy atom. The molecule has 2 unspecified atom stereocenters. The van der Waals surface area contributed by atoms with Gasteiger partial charge in [-0.3, -0.25) is 4.79 Å². The van der Waals surface area contributed by atoms with E-state index in [1.807, 2.05) is 6.92 Å². The number of ketones is 1. The first-order valence-corrected chi connectivity index (χ1v) is 4.52. The molecular formula is C9H17NO2. The van der Waals surface area contributed by atoms with Crippen LogP contribution < -0.4 is 5.73 Å². The Kier molecular flexibility index (Phi) is 2.85. The van der Waals surface area contributed by atoms with Crippen LogP contribution in [0.3, 0.4) is 0 Å². The van der Waals surface area contributed by atoms with E-state index in [4.69, 9.17) is 5.73 Å². The first-order valence-electron chi connectivity index (χ1n) is 4.52. The zero-order valence-corrected chi connectivity index (χ0v) is 7.55. The predicted molar refractivity (Wildman–Crippen MR) is 46.6 cm³/mol. The van der Waals surface area contributed by atoms with Crippen molar-refractivity contribution >= 4 is 5.78 Å². The predicted octanol–water partition coefficient (Wildman–Crippen LogP) is 0.455. The Balaban J connectivity index is 2.62. The van der Waals surface area contributed by atoms with Crippen molar-refractivity contribution in [3.8, 4) is 0 Å². The summed E-state index contributed by atoms with van der Waals surface area (Å²) in [7, 11) is 0. The summed E-state index contributed by atoms with van der Waals surface area (Å²) < 4.78 is 0. The van der Waals surface area contributed by atoms with Crippen LogP contribution in [0, 0.1) is 5.92 Å². The number of carbonyl (C=O) groups excluding carboxylic acids is 1. The van der Waals surface area contributed by atoms with E-state index >= 15 is 0 Å². The lowest BCUT2D eigenvalue weighted by molar-refractivity contribution is -0.131. The van der Waals surface area contributed by atoms with Crippen LogP contribution in [-0.4, -0.2) is 23.0 Å². The van der Waals surface area contributed by atoms with Gasteiger partial charge in [0, 0.05) is 12.8 Å². The number of nitrogens with two attached hydrogens (primary N) is 1. The van der Waals surface area contributed by atoms with Crippen LogP contribution in [0.2, 0.25) is 0 Å². The lowest BCUT2D eigenvalue weighted by Crippen LogP contribution is -2.44. The Bertz CT molecular complexity index is 181. The van der Waals surface area contributed by atoms with Gasteiger partial charge in [0.25, 0.3) is 0 Å². The molecular weight excluding hydrogens is 154 g/mol. The van der Waals surface area contributed by atoms with Gasteiger partial charge < -0.3 is 10.8 Å². The Morgan fingerprint density at radius 1 is 1.75 bits per heavy atom. The lowest BCUT2D eigenvalue weighted by Gasteiger charge is -2.36. The molecule has 3 nitrogen and oxygen atoms in total. The highest BCUT2D eigenvalue weighted by Gasteiger charge is 2.37. The van der Waals surface area contributed by atoms with Crippen molar-refractivity contribution in [2.24, 2.45) is 11.7 Å². The van der Waals surface area contributed by atoms with Crippen molar-refractivity contribution in [3.63, 3.8) is 0 Å². The molecule has 0 aromatic rings. The molecule has 0 bridgehead atoms. The van der Waals surface area contributed by atoms with E-state index in [1.54, 1.807) is 0 Å². The zero-order valence-electron chi connectivity index (χ0n) is 7.55. The molecule has 12 heavy (non-hydrogen) atoms. The number of Topliss-reactive ketones (excluding diaryl/α,β-unsaturated/α-hetero) is 1. The van der Waals surface area contributed by atoms with Crippen molar-refractivity contribution in [3.05, 3.63) is 0 Å². The number of hydrogen-bond donors (Lipinski definition) is 2. The lowest BCUT2D eigenvalue weighted by atomic mass is 9.76. The van der Waals surface area contributed by atoms with Gasteiger partial charge in [0.1, 0.15) is 5.78 Å². The fourth-order valence-electron chi connectivity index (χ4n) is 1.75. The summed E-state index contributed by atoms with van der Waals surface area (Å²) in [6.45, 7) is 2.35. The number of hydrogen-bond acceptors (Lipinski definition) is 3. The summed E-state index contributed by atoms with van der Waals surface area (Å²) in [6, 6.07) is 0. The van der Waals surface area contributed by atoms with Gasteiger partial charge in [0.2, 0.25) is 0 Å². The highest BCUT2D eigenvalue weighted by molar-refractivity contribution is 5.80. The minimum absolute atomic E-state index is 0.0294. The second-order valence-corrected chi connectivity index (χ2v) is 3.81. The molecule has 0 spiro atoms. The normalized spacial score (nSPS) is 33.4. The van der Waals surface area contributed by atoms with Gasteiger partial charge in [-0.15, -0.1) is 0 Å². The highest BCUT2D eigenvalue weighted by atomic mass is 16.3. The van der Waals surface area contributed by atoms with E-state index < -0.39 is 5.60 Å². The zero-order chi connectivity index (χ0) is 9.19. The molecule has 0 radical (unpaired) electrons. The van der Waals surface area contributed by atoms with Gasteiger partial charge in [-0.25, -0.2) is 0 Å². The second-order valence-electron chi connectivity index (χ2n) is 3.81. The van der Waals surface area contributed by atoms with Gasteiger partial charge in [0.15, 0.2) is 0 Å². The maximum Gasteiger partial charge on any atom is 0.135 e. The molecule has 0 aromatic heterocycles. The third-order valence-electron chi connectivity index (χ3n) is 2.84. The molecule has 0 aromatic carbocycles. The fourth-order valence-corrected chi connectivity index (χ4v) is 1.75. The van der Waals surface area contributed by atoms with Crippen LogP contribution in [-0.2, 0) is 4.79 Å². The SMILES string of the molecule is CC(CN)C1(O)CCCC(=O)C1. The molecule has 3 heteroatoms. The van der Waals surface area contributed by atoms with Crippen molar-refractivity contribution in [2.75, 3.05) is 6.54 Å². The molecule has 1 aliphatic carbocycles. The monoisotopic (exact) mass is 171 g/mol. The maximum absolute atomic E-state index is 11.1. The number of aliphatic hydroxyl groups is 1. The highest BCUT2D eigenvalue weighted by Crippen LogP contribution is 2.31. The Hall–Kier alpha value is -0.410. The first-order chi connectivity index (χ1) is 5.58. The van der Waals surface area contributed by atoms with E-state index in [0.717, 1.165) is 12.8 Å². The summed E-state index contributed by atoms with van der Waals surface area (Å²) >= 11 is 0. The Morgan fingerprint density at radius 2 is 2.42 bits per heavy atom. The fraction of sp³-hybridized carbons (Fsp3) is 0.889. The topological polar surface area (TPSA) is 63.3 Å². The third kappa shape index (κ3) is 1.84. The first kappa shape index (κ1) is 9.68. The Labute approximate surface area is 72.9 Å². The molecule has 0 aliphatic heterocycles. The molecule has 1 fully saturated rings. The molecule has 70 valence electrons. The van der Waals surface area contributed by atoms with Crippen LogP contribution in [0.1, 0.15) is 32.6 Å². The average molecular weight is 171 g/mol. The summed E-state index contributed by atoms with van der Waals surface area (Å²) in [5.74, 6) is 0.200. The average Bonchev–Trinajstić information content (AvgIpc) is 2.02. The van der Waals surface area contributed by atoms with E-state index in [-0.39, 0.29) is 11.7 Å². The van der Waals surface area contributed by atoms with Crippen LogP contribution in [0.4, 0.5) is 0 Å². The van der Waals surface area contributed by atoms with Crippen LogP contribution >= 0.6 is 0 Å². The summed E-state index contributed by atoms with van der Waals surface area (Å²) in [6.07, 6.45) is 2.45.